The SMILES string of the molecule is CN(C)C=C(Cc1ccc(F)cc1)c1ccncc1. The highest BCUT2D eigenvalue weighted by molar-refractivity contribution is 5.67. The summed E-state index contributed by atoms with van der Waals surface area (Å²) < 4.78 is 12.9. The first-order valence-electron chi connectivity index (χ1n) is 6.17. The predicted molar refractivity (Wildman–Crippen MR) is 76.0 cm³/mol. The molecule has 1 aromatic carbocycles. The van der Waals surface area contributed by atoms with Crippen LogP contribution in [0.2, 0.25) is 0 Å². The molecule has 0 aliphatic rings. The van der Waals surface area contributed by atoms with Crippen molar-refractivity contribution < 1.29 is 4.39 Å². The van der Waals surface area contributed by atoms with Crippen molar-refractivity contribution in [3.63, 3.8) is 0 Å². The number of pyridine rings is 1. The van der Waals surface area contributed by atoms with E-state index in [1.165, 1.54) is 17.7 Å². The van der Waals surface area contributed by atoms with Crippen LogP contribution in [0.5, 0.6) is 0 Å². The lowest BCUT2D eigenvalue weighted by atomic mass is 10.00. The van der Waals surface area contributed by atoms with Gasteiger partial charge in [-0.3, -0.25) is 4.98 Å². The van der Waals surface area contributed by atoms with Gasteiger partial charge in [0.05, 0.1) is 0 Å². The zero-order valence-corrected chi connectivity index (χ0v) is 11.2. The van der Waals surface area contributed by atoms with Gasteiger partial charge in [-0.25, -0.2) is 4.39 Å². The zero-order chi connectivity index (χ0) is 13.7. The number of aromatic nitrogens is 1. The van der Waals surface area contributed by atoms with Gasteiger partial charge < -0.3 is 4.90 Å². The molecule has 0 spiro atoms. The molecule has 2 aromatic rings. The second-order valence-corrected chi connectivity index (χ2v) is 4.66. The molecular formula is C16H17FN2. The Kier molecular flexibility index (Phi) is 4.29. The summed E-state index contributed by atoms with van der Waals surface area (Å²) in [4.78, 5) is 6.05. The summed E-state index contributed by atoms with van der Waals surface area (Å²) in [6.45, 7) is 0. The van der Waals surface area contributed by atoms with Crippen LogP contribution in [0.15, 0.2) is 55.0 Å². The molecule has 0 aliphatic carbocycles. The quantitative estimate of drug-likeness (QED) is 0.833. The predicted octanol–water partition coefficient (Wildman–Crippen LogP) is 3.37. The van der Waals surface area contributed by atoms with Gasteiger partial charge in [-0.15, -0.1) is 0 Å². The van der Waals surface area contributed by atoms with Gasteiger partial charge in [-0.1, -0.05) is 12.1 Å². The molecule has 0 saturated heterocycles. The van der Waals surface area contributed by atoms with Crippen LogP contribution >= 0.6 is 0 Å². The van der Waals surface area contributed by atoms with Gasteiger partial charge in [0.2, 0.25) is 0 Å². The molecule has 0 aliphatic heterocycles. The van der Waals surface area contributed by atoms with Gasteiger partial charge in [0.1, 0.15) is 5.82 Å². The maximum atomic E-state index is 12.9. The minimum absolute atomic E-state index is 0.203. The monoisotopic (exact) mass is 256 g/mol. The van der Waals surface area contributed by atoms with E-state index in [0.29, 0.717) is 0 Å². The number of nitrogens with zero attached hydrogens (tertiary/aromatic N) is 2. The summed E-state index contributed by atoms with van der Waals surface area (Å²) in [7, 11) is 3.98. The van der Waals surface area contributed by atoms with E-state index < -0.39 is 0 Å². The Balaban J connectivity index is 2.27. The second-order valence-electron chi connectivity index (χ2n) is 4.66. The average Bonchev–Trinajstić information content (AvgIpc) is 2.41. The lowest BCUT2D eigenvalue weighted by molar-refractivity contribution is 0.564. The Morgan fingerprint density at radius 1 is 1.11 bits per heavy atom. The third-order valence-electron chi connectivity index (χ3n) is 2.77. The van der Waals surface area contributed by atoms with Gasteiger partial charge in [-0.2, -0.15) is 0 Å². The summed E-state index contributed by atoms with van der Waals surface area (Å²) in [5, 5.41) is 0. The van der Waals surface area contributed by atoms with Crippen LogP contribution in [0.3, 0.4) is 0 Å². The van der Waals surface area contributed by atoms with E-state index in [2.05, 4.69) is 11.2 Å². The summed E-state index contributed by atoms with van der Waals surface area (Å²) in [5.74, 6) is -0.203. The van der Waals surface area contributed by atoms with Crippen LogP contribution in [-0.4, -0.2) is 24.0 Å². The molecule has 2 rings (SSSR count). The molecule has 0 atom stereocenters. The van der Waals surface area contributed by atoms with Crippen LogP contribution in [0.1, 0.15) is 11.1 Å². The van der Waals surface area contributed by atoms with Crippen LogP contribution in [0.25, 0.3) is 5.57 Å². The highest BCUT2D eigenvalue weighted by Crippen LogP contribution is 2.19. The molecule has 0 amide bonds. The minimum Gasteiger partial charge on any atom is -0.383 e. The molecule has 0 N–H and O–H groups in total. The maximum Gasteiger partial charge on any atom is 0.123 e. The van der Waals surface area contributed by atoms with E-state index in [9.17, 15) is 4.39 Å². The fourth-order valence-electron chi connectivity index (χ4n) is 1.92. The van der Waals surface area contributed by atoms with Crippen molar-refractivity contribution in [1.82, 2.24) is 9.88 Å². The minimum atomic E-state index is -0.203. The number of hydrogen-bond donors (Lipinski definition) is 0. The molecule has 2 nitrogen and oxygen atoms in total. The molecule has 3 heteroatoms. The van der Waals surface area contributed by atoms with Gasteiger partial charge in [0.25, 0.3) is 0 Å². The normalized spacial score (nSPS) is 11.4. The maximum absolute atomic E-state index is 12.9. The van der Waals surface area contributed by atoms with E-state index in [-0.39, 0.29) is 5.82 Å². The third-order valence-corrected chi connectivity index (χ3v) is 2.77. The molecule has 0 bridgehead atoms. The summed E-state index contributed by atoms with van der Waals surface area (Å²) in [5.41, 5.74) is 3.40. The van der Waals surface area contributed by atoms with Gasteiger partial charge in [0, 0.05) is 32.7 Å². The zero-order valence-electron chi connectivity index (χ0n) is 11.2. The molecule has 1 aromatic heterocycles. The van der Waals surface area contributed by atoms with Crippen molar-refractivity contribution in [3.05, 3.63) is 71.9 Å². The van der Waals surface area contributed by atoms with Crippen molar-refractivity contribution in [2.45, 2.75) is 6.42 Å². The van der Waals surface area contributed by atoms with Crippen molar-refractivity contribution in [3.8, 4) is 0 Å². The Morgan fingerprint density at radius 3 is 2.32 bits per heavy atom. The number of halogens is 1. The highest BCUT2D eigenvalue weighted by Gasteiger charge is 2.04. The first-order valence-corrected chi connectivity index (χ1v) is 6.17. The third kappa shape index (κ3) is 3.91. The second kappa shape index (κ2) is 6.14. The van der Waals surface area contributed by atoms with Crippen LogP contribution in [-0.2, 0) is 6.42 Å². The van der Waals surface area contributed by atoms with Crippen molar-refractivity contribution in [2.75, 3.05) is 14.1 Å². The Bertz CT molecular complexity index is 545. The number of allylic oxidation sites excluding steroid dienone is 1. The van der Waals surface area contributed by atoms with Crippen LogP contribution in [0, 0.1) is 5.82 Å². The molecule has 0 fully saturated rings. The Hall–Kier alpha value is -2.16. The van der Waals surface area contributed by atoms with E-state index in [1.807, 2.05) is 43.3 Å². The smallest absolute Gasteiger partial charge is 0.123 e. The van der Waals surface area contributed by atoms with Crippen LogP contribution in [0.4, 0.5) is 4.39 Å². The lowest BCUT2D eigenvalue weighted by Crippen LogP contribution is -2.04. The fraction of sp³-hybridized carbons (Fsp3) is 0.188. The molecule has 0 unspecified atom stereocenters. The van der Waals surface area contributed by atoms with Gasteiger partial charge in [-0.05, 0) is 47.4 Å². The number of benzene rings is 1. The number of rotatable bonds is 4. The summed E-state index contributed by atoms with van der Waals surface area (Å²) in [6.07, 6.45) is 6.41. The van der Waals surface area contributed by atoms with Gasteiger partial charge in [0.15, 0.2) is 0 Å². The standard InChI is InChI=1S/C16H17FN2/c1-19(2)12-15(14-7-9-18-10-8-14)11-13-3-5-16(17)6-4-13/h3-10,12H,11H2,1-2H3. The van der Waals surface area contributed by atoms with Crippen molar-refractivity contribution in [2.24, 2.45) is 0 Å². The molecule has 1 heterocycles. The topological polar surface area (TPSA) is 16.1 Å². The Labute approximate surface area is 113 Å². The summed E-state index contributed by atoms with van der Waals surface area (Å²) >= 11 is 0. The summed E-state index contributed by atoms with van der Waals surface area (Å²) in [6, 6.07) is 10.6. The largest absolute Gasteiger partial charge is 0.383 e. The van der Waals surface area contributed by atoms with E-state index in [1.54, 1.807) is 12.4 Å². The first kappa shape index (κ1) is 13.3. The lowest BCUT2D eigenvalue weighted by Gasteiger charge is -2.12. The van der Waals surface area contributed by atoms with E-state index >= 15 is 0 Å². The van der Waals surface area contributed by atoms with Gasteiger partial charge >= 0.3 is 0 Å². The fourth-order valence-corrected chi connectivity index (χ4v) is 1.92. The molecule has 19 heavy (non-hydrogen) atoms. The van der Waals surface area contributed by atoms with Crippen molar-refractivity contribution in [1.29, 1.82) is 0 Å². The van der Waals surface area contributed by atoms with Crippen LogP contribution < -0.4 is 0 Å². The molecule has 0 radical (unpaired) electrons. The molecule has 98 valence electrons. The first-order chi connectivity index (χ1) is 9.15. The highest BCUT2D eigenvalue weighted by atomic mass is 19.1. The molecular weight excluding hydrogens is 239 g/mol. The molecule has 0 saturated carbocycles. The van der Waals surface area contributed by atoms with Crippen molar-refractivity contribution >= 4 is 5.57 Å². The Morgan fingerprint density at radius 2 is 1.74 bits per heavy atom. The van der Waals surface area contributed by atoms with E-state index in [0.717, 1.165) is 17.5 Å². The number of hydrogen-bond acceptors (Lipinski definition) is 2. The average molecular weight is 256 g/mol. The van der Waals surface area contributed by atoms with E-state index in [4.69, 9.17) is 0 Å².